The Balaban J connectivity index is 2.31. The second-order valence-electron chi connectivity index (χ2n) is 5.49. The van der Waals surface area contributed by atoms with E-state index in [0.717, 1.165) is 26.1 Å². The average Bonchev–Trinajstić information content (AvgIpc) is 2.61. The van der Waals surface area contributed by atoms with Crippen molar-refractivity contribution in [2.45, 2.75) is 45.1 Å². The third kappa shape index (κ3) is 2.21. The molecule has 0 spiro atoms. The lowest BCUT2D eigenvalue weighted by Crippen LogP contribution is -2.26. The van der Waals surface area contributed by atoms with E-state index in [1.54, 1.807) is 0 Å². The quantitative estimate of drug-likeness (QED) is 0.793. The van der Waals surface area contributed by atoms with Crippen molar-refractivity contribution in [2.75, 3.05) is 18.9 Å². The number of rotatable bonds is 1. The summed E-state index contributed by atoms with van der Waals surface area (Å²) in [5.41, 5.74) is 7.13. The summed E-state index contributed by atoms with van der Waals surface area (Å²) >= 11 is 0. The molecule has 0 unspecified atom stereocenters. The van der Waals surface area contributed by atoms with Crippen LogP contribution >= 0.6 is 0 Å². The second kappa shape index (κ2) is 4.09. The molecule has 90 valence electrons. The van der Waals surface area contributed by atoms with Crippen LogP contribution in [-0.4, -0.2) is 23.0 Å². The van der Waals surface area contributed by atoms with Crippen molar-refractivity contribution < 1.29 is 4.74 Å². The van der Waals surface area contributed by atoms with E-state index >= 15 is 0 Å². The number of hydrogen-bond donors (Lipinski definition) is 1. The zero-order valence-electron chi connectivity index (χ0n) is 10.4. The molecule has 16 heavy (non-hydrogen) atoms. The van der Waals surface area contributed by atoms with Gasteiger partial charge < -0.3 is 10.5 Å². The van der Waals surface area contributed by atoms with Crippen molar-refractivity contribution in [3.63, 3.8) is 0 Å². The Morgan fingerprint density at radius 2 is 2.00 bits per heavy atom. The lowest BCUT2D eigenvalue weighted by Gasteiger charge is -2.28. The van der Waals surface area contributed by atoms with Gasteiger partial charge in [-0.05, 0) is 12.8 Å². The number of ether oxygens (including phenoxy) is 1. The first-order valence-corrected chi connectivity index (χ1v) is 5.92. The van der Waals surface area contributed by atoms with Gasteiger partial charge in [0.2, 0.25) is 0 Å². The van der Waals surface area contributed by atoms with Crippen molar-refractivity contribution in [1.82, 2.24) is 9.78 Å². The van der Waals surface area contributed by atoms with Gasteiger partial charge in [0.15, 0.2) is 0 Å². The van der Waals surface area contributed by atoms with Crippen LogP contribution in [0.3, 0.4) is 0 Å². The molecule has 0 radical (unpaired) electrons. The lowest BCUT2D eigenvalue weighted by molar-refractivity contribution is 0.0647. The summed E-state index contributed by atoms with van der Waals surface area (Å²) in [7, 11) is 0. The monoisotopic (exact) mass is 223 g/mol. The molecule has 1 aromatic rings. The van der Waals surface area contributed by atoms with Gasteiger partial charge in [-0.15, -0.1) is 0 Å². The minimum atomic E-state index is 0.0862. The Kier molecular flexibility index (Phi) is 2.93. The Labute approximate surface area is 96.8 Å². The van der Waals surface area contributed by atoms with Crippen LogP contribution in [0.1, 0.15) is 45.3 Å². The van der Waals surface area contributed by atoms with E-state index in [1.165, 1.54) is 5.69 Å². The smallest absolute Gasteiger partial charge is 0.145 e. The van der Waals surface area contributed by atoms with E-state index in [-0.39, 0.29) is 5.41 Å². The van der Waals surface area contributed by atoms with Gasteiger partial charge in [-0.3, -0.25) is 4.68 Å². The molecular weight excluding hydrogens is 202 g/mol. The Bertz CT molecular complexity index is 359. The summed E-state index contributed by atoms with van der Waals surface area (Å²) in [5.74, 6) is 0.622. The molecule has 1 aliphatic rings. The van der Waals surface area contributed by atoms with Crippen LogP contribution < -0.4 is 5.73 Å². The molecule has 1 aliphatic heterocycles. The zero-order chi connectivity index (χ0) is 11.8. The van der Waals surface area contributed by atoms with E-state index in [4.69, 9.17) is 10.5 Å². The molecule has 2 heterocycles. The molecule has 0 amide bonds. The first-order chi connectivity index (χ1) is 7.48. The van der Waals surface area contributed by atoms with Crippen molar-refractivity contribution in [2.24, 2.45) is 0 Å². The number of anilines is 1. The second-order valence-corrected chi connectivity index (χ2v) is 5.49. The summed E-state index contributed by atoms with van der Waals surface area (Å²) in [6.45, 7) is 8.24. The molecule has 0 saturated carbocycles. The minimum absolute atomic E-state index is 0.0862. The van der Waals surface area contributed by atoms with Crippen LogP contribution in [-0.2, 0) is 10.2 Å². The molecule has 0 atom stereocenters. The van der Waals surface area contributed by atoms with Crippen LogP contribution in [0.2, 0.25) is 0 Å². The number of nitrogen functional groups attached to an aromatic ring is 1. The molecule has 4 heteroatoms. The molecule has 2 N–H and O–H groups in total. The highest BCUT2D eigenvalue weighted by Gasteiger charge is 2.25. The molecule has 4 nitrogen and oxygen atoms in total. The molecule has 0 aliphatic carbocycles. The van der Waals surface area contributed by atoms with E-state index in [1.807, 2.05) is 6.07 Å². The Morgan fingerprint density at radius 3 is 2.56 bits per heavy atom. The maximum absolute atomic E-state index is 5.82. The number of nitrogens with two attached hydrogens (primary N) is 1. The first kappa shape index (κ1) is 11.5. The molecule has 1 fully saturated rings. The summed E-state index contributed by atoms with van der Waals surface area (Å²) in [5, 5.41) is 4.44. The predicted octanol–water partition coefficient (Wildman–Crippen LogP) is 2.11. The third-order valence-electron chi connectivity index (χ3n) is 3.06. The van der Waals surface area contributed by atoms with E-state index in [2.05, 4.69) is 30.6 Å². The van der Waals surface area contributed by atoms with Gasteiger partial charge >= 0.3 is 0 Å². The highest BCUT2D eigenvalue weighted by atomic mass is 16.5. The third-order valence-corrected chi connectivity index (χ3v) is 3.06. The summed E-state index contributed by atoms with van der Waals surface area (Å²) < 4.78 is 7.49. The van der Waals surface area contributed by atoms with Crippen LogP contribution in [0.5, 0.6) is 0 Å². The zero-order valence-corrected chi connectivity index (χ0v) is 10.4. The summed E-state index contributed by atoms with van der Waals surface area (Å²) in [6.07, 6.45) is 2.06. The Morgan fingerprint density at radius 1 is 1.38 bits per heavy atom. The fourth-order valence-electron chi connectivity index (χ4n) is 2.18. The number of nitrogens with zero attached hydrogens (tertiary/aromatic N) is 2. The number of hydrogen-bond acceptors (Lipinski definition) is 3. The van der Waals surface area contributed by atoms with Crippen molar-refractivity contribution in [1.29, 1.82) is 0 Å². The average molecular weight is 223 g/mol. The van der Waals surface area contributed by atoms with Gasteiger partial charge in [0.25, 0.3) is 0 Å². The molecule has 0 bridgehead atoms. The van der Waals surface area contributed by atoms with Gasteiger partial charge in [0.1, 0.15) is 5.82 Å². The van der Waals surface area contributed by atoms with E-state index in [9.17, 15) is 0 Å². The highest BCUT2D eigenvalue weighted by molar-refractivity contribution is 5.33. The van der Waals surface area contributed by atoms with Crippen LogP contribution in [0.25, 0.3) is 0 Å². The first-order valence-electron chi connectivity index (χ1n) is 5.92. The predicted molar refractivity (Wildman–Crippen MR) is 64.4 cm³/mol. The SMILES string of the molecule is CC(C)(C)c1cc(N)nn1C1CCOCC1. The van der Waals surface area contributed by atoms with Crippen molar-refractivity contribution in [3.05, 3.63) is 11.8 Å². The van der Waals surface area contributed by atoms with Crippen molar-refractivity contribution in [3.8, 4) is 0 Å². The standard InChI is InChI=1S/C12H21N3O/c1-12(2,3)10-8-11(13)14-15(10)9-4-6-16-7-5-9/h8-9H,4-7H2,1-3H3,(H2,13,14). The van der Waals surface area contributed by atoms with Gasteiger partial charge in [0.05, 0.1) is 6.04 Å². The van der Waals surface area contributed by atoms with Crippen LogP contribution in [0, 0.1) is 0 Å². The molecule has 1 saturated heterocycles. The number of aromatic nitrogens is 2. The van der Waals surface area contributed by atoms with Crippen LogP contribution in [0.4, 0.5) is 5.82 Å². The van der Waals surface area contributed by atoms with Gasteiger partial charge in [-0.2, -0.15) is 5.10 Å². The minimum Gasteiger partial charge on any atom is -0.382 e. The fourth-order valence-corrected chi connectivity index (χ4v) is 2.18. The molecule has 2 rings (SSSR count). The van der Waals surface area contributed by atoms with E-state index in [0.29, 0.717) is 11.9 Å². The lowest BCUT2D eigenvalue weighted by atomic mass is 9.91. The van der Waals surface area contributed by atoms with Gasteiger partial charge in [-0.25, -0.2) is 0 Å². The fraction of sp³-hybridized carbons (Fsp3) is 0.750. The largest absolute Gasteiger partial charge is 0.382 e. The highest BCUT2D eigenvalue weighted by Crippen LogP contribution is 2.30. The molecular formula is C12H21N3O. The Hall–Kier alpha value is -1.03. The van der Waals surface area contributed by atoms with E-state index < -0.39 is 0 Å². The maximum Gasteiger partial charge on any atom is 0.145 e. The van der Waals surface area contributed by atoms with Crippen LogP contribution in [0.15, 0.2) is 6.07 Å². The van der Waals surface area contributed by atoms with Crippen molar-refractivity contribution >= 4 is 5.82 Å². The summed E-state index contributed by atoms with van der Waals surface area (Å²) in [6, 6.07) is 2.44. The normalized spacial score (nSPS) is 18.9. The molecule has 0 aromatic carbocycles. The topological polar surface area (TPSA) is 53.1 Å². The van der Waals surface area contributed by atoms with Gasteiger partial charge in [0, 0.05) is 30.4 Å². The summed E-state index contributed by atoms with van der Waals surface area (Å²) in [4.78, 5) is 0. The molecule has 1 aromatic heterocycles. The maximum atomic E-state index is 5.82. The van der Waals surface area contributed by atoms with Gasteiger partial charge in [-0.1, -0.05) is 20.8 Å².